The second-order valence-corrected chi connectivity index (χ2v) is 5.14. The number of aromatic hydroxyl groups is 1. The lowest BCUT2D eigenvalue weighted by Gasteiger charge is -2.30. The zero-order chi connectivity index (χ0) is 11.9. The number of allylic oxidation sites excluding steroid dienone is 1. The number of phenolic OH excluding ortho intramolecular Hbond substituents is 1. The molecule has 0 amide bonds. The van der Waals surface area contributed by atoms with Gasteiger partial charge in [0, 0.05) is 5.92 Å². The van der Waals surface area contributed by atoms with E-state index in [0.717, 1.165) is 5.56 Å². The van der Waals surface area contributed by atoms with E-state index in [1.807, 2.05) is 13.0 Å². The standard InChI is InChI=1S/C15H20O/c1-9(2)12-6-5-10(3)13-8-15(16)11(4)7-14(12)13/h7-8,10,12,16H,1,5-6H2,2-4H3. The Bertz CT molecular complexity index is 431. The van der Waals surface area contributed by atoms with Crippen LogP contribution in [0.1, 0.15) is 55.2 Å². The fraction of sp³-hybridized carbons (Fsp3) is 0.467. The molecule has 0 aromatic heterocycles. The van der Waals surface area contributed by atoms with Gasteiger partial charge in [-0.3, -0.25) is 0 Å². The minimum absolute atomic E-state index is 0.424. The molecule has 16 heavy (non-hydrogen) atoms. The second-order valence-electron chi connectivity index (χ2n) is 5.14. The number of hydrogen-bond donors (Lipinski definition) is 1. The number of aryl methyl sites for hydroxylation is 1. The van der Waals surface area contributed by atoms with Gasteiger partial charge in [0.15, 0.2) is 0 Å². The number of hydrogen-bond acceptors (Lipinski definition) is 1. The first-order chi connectivity index (χ1) is 7.50. The predicted molar refractivity (Wildman–Crippen MR) is 68.0 cm³/mol. The van der Waals surface area contributed by atoms with E-state index < -0.39 is 0 Å². The summed E-state index contributed by atoms with van der Waals surface area (Å²) in [5.41, 5.74) is 4.89. The molecule has 1 aromatic rings. The molecule has 2 atom stereocenters. The summed E-state index contributed by atoms with van der Waals surface area (Å²) >= 11 is 0. The molecule has 86 valence electrons. The quantitative estimate of drug-likeness (QED) is 0.695. The largest absolute Gasteiger partial charge is 0.508 e. The van der Waals surface area contributed by atoms with Crippen LogP contribution in [0.5, 0.6) is 5.75 Å². The van der Waals surface area contributed by atoms with Gasteiger partial charge in [0.05, 0.1) is 0 Å². The van der Waals surface area contributed by atoms with E-state index in [1.165, 1.54) is 29.5 Å². The van der Waals surface area contributed by atoms with Gasteiger partial charge in [-0.15, -0.1) is 0 Å². The summed E-state index contributed by atoms with van der Waals surface area (Å²) in [6.45, 7) is 10.4. The summed E-state index contributed by atoms with van der Waals surface area (Å²) in [4.78, 5) is 0. The lowest BCUT2D eigenvalue weighted by atomic mass is 9.74. The van der Waals surface area contributed by atoms with Crippen LogP contribution in [0, 0.1) is 6.92 Å². The molecule has 0 radical (unpaired) electrons. The van der Waals surface area contributed by atoms with Crippen LogP contribution in [0.15, 0.2) is 24.3 Å². The molecule has 0 heterocycles. The van der Waals surface area contributed by atoms with Gasteiger partial charge in [0.25, 0.3) is 0 Å². The van der Waals surface area contributed by atoms with Gasteiger partial charge in [0.1, 0.15) is 5.75 Å². The van der Waals surface area contributed by atoms with E-state index in [2.05, 4.69) is 26.5 Å². The van der Waals surface area contributed by atoms with Crippen molar-refractivity contribution in [2.45, 2.75) is 45.4 Å². The Morgan fingerprint density at radius 1 is 1.31 bits per heavy atom. The first-order valence-electron chi connectivity index (χ1n) is 5.99. The fourth-order valence-corrected chi connectivity index (χ4v) is 2.70. The smallest absolute Gasteiger partial charge is 0.118 e. The summed E-state index contributed by atoms with van der Waals surface area (Å²) in [6, 6.07) is 4.09. The van der Waals surface area contributed by atoms with Crippen molar-refractivity contribution in [1.29, 1.82) is 0 Å². The summed E-state index contributed by atoms with van der Waals surface area (Å²) in [7, 11) is 0. The summed E-state index contributed by atoms with van der Waals surface area (Å²) in [6.07, 6.45) is 2.38. The van der Waals surface area contributed by atoms with Crippen LogP contribution in [-0.4, -0.2) is 5.11 Å². The Morgan fingerprint density at radius 2 is 2.00 bits per heavy atom. The molecule has 1 heteroatoms. The molecule has 2 rings (SSSR count). The molecule has 0 saturated heterocycles. The van der Waals surface area contributed by atoms with Crippen LogP contribution in [0.4, 0.5) is 0 Å². The van der Waals surface area contributed by atoms with E-state index in [0.29, 0.717) is 17.6 Å². The van der Waals surface area contributed by atoms with Gasteiger partial charge in [-0.05, 0) is 55.4 Å². The van der Waals surface area contributed by atoms with Gasteiger partial charge in [-0.25, -0.2) is 0 Å². The van der Waals surface area contributed by atoms with Crippen molar-refractivity contribution >= 4 is 0 Å². The molecule has 0 saturated carbocycles. The van der Waals surface area contributed by atoms with E-state index in [4.69, 9.17) is 0 Å². The molecule has 1 aliphatic rings. The van der Waals surface area contributed by atoms with Crippen molar-refractivity contribution in [2.24, 2.45) is 0 Å². The van der Waals surface area contributed by atoms with Crippen molar-refractivity contribution in [2.75, 3.05) is 0 Å². The molecule has 1 nitrogen and oxygen atoms in total. The molecular weight excluding hydrogens is 196 g/mol. The molecule has 1 aliphatic carbocycles. The van der Waals surface area contributed by atoms with Crippen molar-refractivity contribution in [3.63, 3.8) is 0 Å². The molecule has 0 bridgehead atoms. The highest BCUT2D eigenvalue weighted by Gasteiger charge is 2.26. The Hall–Kier alpha value is -1.24. The van der Waals surface area contributed by atoms with Gasteiger partial charge in [-0.1, -0.05) is 25.1 Å². The Labute approximate surface area is 97.8 Å². The highest BCUT2D eigenvalue weighted by Crippen LogP contribution is 2.43. The van der Waals surface area contributed by atoms with Crippen LogP contribution in [-0.2, 0) is 0 Å². The summed E-state index contributed by atoms with van der Waals surface area (Å²) in [5.74, 6) is 1.45. The number of phenols is 1. The van der Waals surface area contributed by atoms with Crippen molar-refractivity contribution in [3.8, 4) is 5.75 Å². The maximum Gasteiger partial charge on any atom is 0.118 e. The highest BCUT2D eigenvalue weighted by molar-refractivity contribution is 5.47. The summed E-state index contributed by atoms with van der Waals surface area (Å²) in [5, 5.41) is 9.80. The molecule has 1 N–H and O–H groups in total. The predicted octanol–water partition coefficient (Wildman–Crippen LogP) is 4.26. The van der Waals surface area contributed by atoms with Crippen LogP contribution >= 0.6 is 0 Å². The minimum atomic E-state index is 0.424. The molecule has 0 spiro atoms. The SMILES string of the molecule is C=C(C)C1CCC(C)c2cc(O)c(C)cc21. The van der Waals surface area contributed by atoms with Crippen LogP contribution in [0.25, 0.3) is 0 Å². The molecule has 0 aliphatic heterocycles. The number of fused-ring (bicyclic) bond motifs is 1. The van der Waals surface area contributed by atoms with Crippen LogP contribution < -0.4 is 0 Å². The van der Waals surface area contributed by atoms with Gasteiger partial charge in [-0.2, -0.15) is 0 Å². The lowest BCUT2D eigenvalue weighted by Crippen LogP contribution is -2.13. The average molecular weight is 216 g/mol. The molecular formula is C15H20O. The highest BCUT2D eigenvalue weighted by atomic mass is 16.3. The van der Waals surface area contributed by atoms with E-state index in [1.54, 1.807) is 0 Å². The fourth-order valence-electron chi connectivity index (χ4n) is 2.70. The topological polar surface area (TPSA) is 20.2 Å². The normalized spacial score (nSPS) is 23.9. The van der Waals surface area contributed by atoms with Crippen molar-refractivity contribution < 1.29 is 5.11 Å². The van der Waals surface area contributed by atoms with Gasteiger partial charge in [0.2, 0.25) is 0 Å². The van der Waals surface area contributed by atoms with E-state index >= 15 is 0 Å². The van der Waals surface area contributed by atoms with Crippen molar-refractivity contribution in [3.05, 3.63) is 41.0 Å². The van der Waals surface area contributed by atoms with Crippen LogP contribution in [0.3, 0.4) is 0 Å². The Kier molecular flexibility index (Phi) is 2.79. The van der Waals surface area contributed by atoms with E-state index in [9.17, 15) is 5.11 Å². The first-order valence-corrected chi connectivity index (χ1v) is 5.99. The maximum absolute atomic E-state index is 9.80. The zero-order valence-corrected chi connectivity index (χ0v) is 10.4. The number of benzene rings is 1. The van der Waals surface area contributed by atoms with E-state index in [-0.39, 0.29) is 0 Å². The molecule has 0 fully saturated rings. The average Bonchev–Trinajstić information content (AvgIpc) is 2.21. The zero-order valence-electron chi connectivity index (χ0n) is 10.4. The third-order valence-electron chi connectivity index (χ3n) is 3.79. The van der Waals surface area contributed by atoms with Crippen LogP contribution in [0.2, 0.25) is 0 Å². The summed E-state index contributed by atoms with van der Waals surface area (Å²) < 4.78 is 0. The van der Waals surface area contributed by atoms with Gasteiger partial charge >= 0.3 is 0 Å². The third-order valence-corrected chi connectivity index (χ3v) is 3.79. The minimum Gasteiger partial charge on any atom is -0.508 e. The Balaban J connectivity index is 2.57. The maximum atomic E-state index is 9.80. The molecule has 1 aromatic carbocycles. The number of rotatable bonds is 1. The monoisotopic (exact) mass is 216 g/mol. The second kappa shape index (κ2) is 3.97. The lowest BCUT2D eigenvalue weighted by molar-refractivity contribution is 0.464. The molecule has 2 unspecified atom stereocenters. The van der Waals surface area contributed by atoms with Gasteiger partial charge < -0.3 is 5.11 Å². The Morgan fingerprint density at radius 3 is 2.62 bits per heavy atom. The van der Waals surface area contributed by atoms with Crippen molar-refractivity contribution in [1.82, 2.24) is 0 Å². The third kappa shape index (κ3) is 1.75. The first kappa shape index (κ1) is 11.3.